The lowest BCUT2D eigenvalue weighted by Gasteiger charge is -2.46. The van der Waals surface area contributed by atoms with E-state index < -0.39 is 79.6 Å². The summed E-state index contributed by atoms with van der Waals surface area (Å²) in [5.74, 6) is -2.92. The van der Waals surface area contributed by atoms with Crippen molar-refractivity contribution in [2.75, 3.05) is 6.61 Å². The van der Waals surface area contributed by atoms with Crippen molar-refractivity contribution >= 4 is 11.9 Å². The molecule has 2 saturated heterocycles. The number of nitrogens with one attached hydrogen (secondary N) is 1. The fourth-order valence-electron chi connectivity index (χ4n) is 3.19. The molecule has 2 aliphatic rings. The molecule has 0 aromatic carbocycles. The molecule has 7 unspecified atom stereocenters. The van der Waals surface area contributed by atoms with Gasteiger partial charge in [-0.1, -0.05) is 6.92 Å². The highest BCUT2D eigenvalue weighted by atomic mass is 16.7. The van der Waals surface area contributed by atoms with E-state index in [0.29, 0.717) is 0 Å². The molecule has 2 heterocycles. The molecule has 0 spiro atoms. The van der Waals surface area contributed by atoms with Gasteiger partial charge in [-0.05, 0) is 0 Å². The number of aliphatic hydroxyl groups excluding tert-OH is 5. The van der Waals surface area contributed by atoms with Crippen molar-refractivity contribution in [3.63, 3.8) is 0 Å². The summed E-state index contributed by atoms with van der Waals surface area (Å²) in [6, 6.07) is -1.31. The fourth-order valence-corrected chi connectivity index (χ4v) is 3.19. The van der Waals surface area contributed by atoms with Crippen molar-refractivity contribution in [3.05, 3.63) is 0 Å². The third kappa shape index (κ3) is 4.55. The minimum atomic E-state index is -1.68. The Kier molecular flexibility index (Phi) is 7.10. The van der Waals surface area contributed by atoms with Crippen LogP contribution in [0.3, 0.4) is 0 Å². The molecule has 7 N–H and O–H groups in total. The van der Waals surface area contributed by atoms with E-state index in [2.05, 4.69) is 5.32 Å². The molecule has 156 valence electrons. The van der Waals surface area contributed by atoms with Crippen molar-refractivity contribution in [3.8, 4) is 0 Å². The molecule has 1 amide bonds. The molecule has 12 nitrogen and oxygen atoms in total. The van der Waals surface area contributed by atoms with Crippen molar-refractivity contribution in [1.29, 1.82) is 0 Å². The number of aliphatic hydroxyl groups is 5. The number of carboxylic acid groups (broad SMARTS) is 1. The Morgan fingerprint density at radius 1 is 1.07 bits per heavy atom. The highest BCUT2D eigenvalue weighted by molar-refractivity contribution is 5.73. The molecule has 2 rings (SSSR count). The Morgan fingerprint density at radius 3 is 2.22 bits per heavy atom. The van der Waals surface area contributed by atoms with Gasteiger partial charge in [0.15, 0.2) is 18.7 Å². The maximum atomic E-state index is 11.4. The number of hydrogen-bond acceptors (Lipinski definition) is 10. The molecule has 27 heavy (non-hydrogen) atoms. The van der Waals surface area contributed by atoms with Crippen LogP contribution in [-0.2, 0) is 23.8 Å². The number of aliphatic carboxylic acids is 1. The maximum absolute atomic E-state index is 11.4. The highest BCUT2D eigenvalue weighted by Crippen LogP contribution is 2.30. The minimum absolute atomic E-state index is 0.590. The Morgan fingerprint density at radius 2 is 1.70 bits per heavy atom. The summed E-state index contributed by atoms with van der Waals surface area (Å²) in [7, 11) is 0. The summed E-state index contributed by atoms with van der Waals surface area (Å²) < 4.78 is 15.7. The first-order valence-corrected chi connectivity index (χ1v) is 8.37. The van der Waals surface area contributed by atoms with E-state index in [1.54, 1.807) is 0 Å². The van der Waals surface area contributed by atoms with Crippen molar-refractivity contribution < 1.29 is 54.4 Å². The van der Waals surface area contributed by atoms with Crippen LogP contribution in [0.5, 0.6) is 0 Å². The monoisotopic (exact) mass is 395 g/mol. The number of rotatable bonds is 5. The lowest BCUT2D eigenvalue weighted by molar-refractivity contribution is -0.331. The highest BCUT2D eigenvalue weighted by Gasteiger charge is 2.51. The van der Waals surface area contributed by atoms with Crippen LogP contribution < -0.4 is 5.32 Å². The number of amides is 1. The molecule has 0 aliphatic carbocycles. The van der Waals surface area contributed by atoms with Crippen LogP contribution in [-0.4, -0.2) is 104 Å². The van der Waals surface area contributed by atoms with E-state index in [1.165, 1.54) is 6.92 Å². The summed E-state index contributed by atoms with van der Waals surface area (Å²) in [4.78, 5) is 22.7. The van der Waals surface area contributed by atoms with Gasteiger partial charge in [-0.2, -0.15) is 0 Å². The first kappa shape index (κ1) is 21.9. The van der Waals surface area contributed by atoms with E-state index in [1.807, 2.05) is 0 Å². The molecule has 2 aliphatic heterocycles. The molecule has 0 bridgehead atoms. The second-order valence-electron chi connectivity index (χ2n) is 6.67. The standard InChI is InChI=1S/C15H25NO11/c1-4-8(19)10(21)15(26-11(4)13(22)23)27-12-7(16-5(2)18)14(24)25-6(3-17)9(12)20/h4,6-12,14-15,17,19-21,24H,3H2,1-2H3,(H,16,18)(H,22,23)/t4-,6?,7?,8?,9?,10?,11?,12?,14+,15-/m0/s1. The van der Waals surface area contributed by atoms with E-state index in [4.69, 9.17) is 14.2 Å². The summed E-state index contributed by atoms with van der Waals surface area (Å²) in [5, 5.41) is 61.5. The van der Waals surface area contributed by atoms with Gasteiger partial charge in [0.2, 0.25) is 5.91 Å². The number of hydrogen-bond donors (Lipinski definition) is 7. The van der Waals surface area contributed by atoms with E-state index in [0.717, 1.165) is 6.92 Å². The molecular formula is C15H25NO11. The molecule has 0 aromatic rings. The zero-order chi connectivity index (χ0) is 20.5. The SMILES string of the molecule is CC(=O)NC1C(O[C@@H]2OC(C(=O)O)[C@@H](C)C(O)C2O)C(O)C(CO)O[C@H]1O. The minimum Gasteiger partial charge on any atom is -0.479 e. The van der Waals surface area contributed by atoms with Gasteiger partial charge in [0.05, 0.1) is 12.7 Å². The second kappa shape index (κ2) is 8.75. The predicted octanol–water partition coefficient (Wildman–Crippen LogP) is -3.89. The number of carbonyl (C=O) groups is 2. The topological polar surface area (TPSA) is 195 Å². The first-order chi connectivity index (χ1) is 12.6. The van der Waals surface area contributed by atoms with Gasteiger partial charge in [0, 0.05) is 12.8 Å². The zero-order valence-electron chi connectivity index (χ0n) is 14.7. The van der Waals surface area contributed by atoms with Crippen molar-refractivity contribution in [2.45, 2.75) is 69.1 Å². The Bertz CT molecular complexity index is 546. The average Bonchev–Trinajstić information content (AvgIpc) is 2.60. The second-order valence-corrected chi connectivity index (χ2v) is 6.67. The third-order valence-corrected chi connectivity index (χ3v) is 4.70. The van der Waals surface area contributed by atoms with Crippen LogP contribution in [0.4, 0.5) is 0 Å². The van der Waals surface area contributed by atoms with Crippen LogP contribution in [0.2, 0.25) is 0 Å². The van der Waals surface area contributed by atoms with Crippen LogP contribution in [0.25, 0.3) is 0 Å². The molecule has 12 heteroatoms. The van der Waals surface area contributed by atoms with Crippen LogP contribution in [0, 0.1) is 5.92 Å². The largest absolute Gasteiger partial charge is 0.479 e. The molecule has 0 radical (unpaired) electrons. The summed E-state index contributed by atoms with van der Waals surface area (Å²) in [6.07, 6.45) is -12.3. The predicted molar refractivity (Wildman–Crippen MR) is 83.9 cm³/mol. The lowest BCUT2D eigenvalue weighted by Crippen LogP contribution is -2.67. The van der Waals surface area contributed by atoms with Crippen molar-refractivity contribution in [1.82, 2.24) is 5.32 Å². The summed E-state index contributed by atoms with van der Waals surface area (Å²) in [5.41, 5.74) is 0. The van der Waals surface area contributed by atoms with Gasteiger partial charge in [-0.25, -0.2) is 4.79 Å². The van der Waals surface area contributed by atoms with Gasteiger partial charge in [-0.15, -0.1) is 0 Å². The van der Waals surface area contributed by atoms with Gasteiger partial charge in [-0.3, -0.25) is 4.79 Å². The summed E-state index contributed by atoms with van der Waals surface area (Å²) >= 11 is 0. The lowest BCUT2D eigenvalue weighted by atomic mass is 9.90. The summed E-state index contributed by atoms with van der Waals surface area (Å²) in [6.45, 7) is 1.83. The van der Waals surface area contributed by atoms with E-state index in [-0.39, 0.29) is 0 Å². The van der Waals surface area contributed by atoms with Crippen LogP contribution in [0.1, 0.15) is 13.8 Å². The van der Waals surface area contributed by atoms with Crippen LogP contribution in [0.15, 0.2) is 0 Å². The smallest absolute Gasteiger partial charge is 0.333 e. The van der Waals surface area contributed by atoms with Crippen molar-refractivity contribution in [2.24, 2.45) is 5.92 Å². The molecule has 10 atom stereocenters. The Labute approximate surface area is 154 Å². The number of carboxylic acids is 1. The molecule has 0 aromatic heterocycles. The third-order valence-electron chi connectivity index (χ3n) is 4.70. The van der Waals surface area contributed by atoms with Crippen LogP contribution >= 0.6 is 0 Å². The van der Waals surface area contributed by atoms with E-state index >= 15 is 0 Å². The Hall–Kier alpha value is -1.38. The molecule has 2 fully saturated rings. The van der Waals surface area contributed by atoms with E-state index in [9.17, 15) is 40.2 Å². The fraction of sp³-hybridized carbons (Fsp3) is 0.867. The van der Waals surface area contributed by atoms with Gasteiger partial charge in [0.25, 0.3) is 0 Å². The van der Waals surface area contributed by atoms with Gasteiger partial charge < -0.3 is 50.2 Å². The zero-order valence-corrected chi connectivity index (χ0v) is 14.7. The normalized spacial score (nSPS) is 45.3. The maximum Gasteiger partial charge on any atom is 0.333 e. The number of carbonyl (C=O) groups excluding carboxylic acids is 1. The quantitative estimate of drug-likeness (QED) is 0.240. The average molecular weight is 395 g/mol. The first-order valence-electron chi connectivity index (χ1n) is 8.37. The molecular weight excluding hydrogens is 370 g/mol. The Balaban J connectivity index is 2.25. The van der Waals surface area contributed by atoms with Gasteiger partial charge in [0.1, 0.15) is 30.5 Å². The van der Waals surface area contributed by atoms with Gasteiger partial charge >= 0.3 is 5.97 Å². The number of ether oxygens (including phenoxy) is 3. The molecule has 0 saturated carbocycles.